The summed E-state index contributed by atoms with van der Waals surface area (Å²) in [5.74, 6) is -1.33. The highest BCUT2D eigenvalue weighted by molar-refractivity contribution is 6.39. The van der Waals surface area contributed by atoms with E-state index < -0.39 is 17.8 Å². The Morgan fingerprint density at radius 3 is 2.16 bits per heavy atom. The number of aromatic nitrogens is 1. The summed E-state index contributed by atoms with van der Waals surface area (Å²) >= 11 is 0. The number of carbonyl (C=O) groups is 3. The quantitative estimate of drug-likeness (QED) is 0.487. The maximum absolute atomic E-state index is 13.2. The van der Waals surface area contributed by atoms with Crippen molar-refractivity contribution < 1.29 is 14.4 Å². The van der Waals surface area contributed by atoms with E-state index in [2.05, 4.69) is 35.0 Å². The third-order valence-corrected chi connectivity index (χ3v) is 5.77. The van der Waals surface area contributed by atoms with E-state index in [9.17, 15) is 14.4 Å². The highest BCUT2D eigenvalue weighted by atomic mass is 16.2. The molecule has 1 saturated heterocycles. The van der Waals surface area contributed by atoms with Crippen LogP contribution in [-0.4, -0.2) is 22.4 Å². The van der Waals surface area contributed by atoms with Gasteiger partial charge in [0.1, 0.15) is 5.57 Å². The molecule has 0 saturated carbocycles. The monoisotopic (exact) mass is 427 g/mol. The molecule has 0 bridgehead atoms. The van der Waals surface area contributed by atoms with Gasteiger partial charge >= 0.3 is 6.03 Å². The Balaban J connectivity index is 1.78. The average molecular weight is 428 g/mol. The SMILES string of the molecule is Cc1ccc(N2C(=O)NC(=O)/C(=C\c3cc(C)n(-c4cc(C)ccc4C)c3C)C2=O)cc1. The molecule has 162 valence electrons. The number of hydrogen-bond donors (Lipinski definition) is 1. The van der Waals surface area contributed by atoms with Crippen molar-refractivity contribution in [1.29, 1.82) is 0 Å². The van der Waals surface area contributed by atoms with Crippen molar-refractivity contribution >= 4 is 29.6 Å². The van der Waals surface area contributed by atoms with Crippen LogP contribution < -0.4 is 10.2 Å². The van der Waals surface area contributed by atoms with Gasteiger partial charge in [-0.25, -0.2) is 9.69 Å². The van der Waals surface area contributed by atoms with E-state index in [0.29, 0.717) is 5.69 Å². The summed E-state index contributed by atoms with van der Waals surface area (Å²) in [5.41, 5.74) is 7.31. The fraction of sp³-hybridized carbons (Fsp3) is 0.192. The Morgan fingerprint density at radius 1 is 0.812 bits per heavy atom. The fourth-order valence-corrected chi connectivity index (χ4v) is 4.01. The van der Waals surface area contributed by atoms with Gasteiger partial charge in [0.05, 0.1) is 5.69 Å². The average Bonchev–Trinajstić information content (AvgIpc) is 3.01. The first-order valence-electron chi connectivity index (χ1n) is 10.4. The number of rotatable bonds is 3. The summed E-state index contributed by atoms with van der Waals surface area (Å²) in [6.45, 7) is 9.95. The number of amides is 4. The predicted molar refractivity (Wildman–Crippen MR) is 125 cm³/mol. The lowest BCUT2D eigenvalue weighted by atomic mass is 10.1. The van der Waals surface area contributed by atoms with Crippen molar-refractivity contribution in [1.82, 2.24) is 9.88 Å². The number of anilines is 1. The zero-order valence-electron chi connectivity index (χ0n) is 18.8. The van der Waals surface area contributed by atoms with E-state index in [1.807, 2.05) is 45.9 Å². The van der Waals surface area contributed by atoms with E-state index in [1.54, 1.807) is 18.2 Å². The molecule has 2 aromatic carbocycles. The molecule has 4 amide bonds. The van der Waals surface area contributed by atoms with Crippen molar-refractivity contribution in [2.75, 3.05) is 4.90 Å². The van der Waals surface area contributed by atoms with Gasteiger partial charge < -0.3 is 4.57 Å². The first-order valence-corrected chi connectivity index (χ1v) is 10.4. The number of carbonyl (C=O) groups excluding carboxylic acids is 3. The van der Waals surface area contributed by atoms with Crippen LogP contribution in [0.15, 0.2) is 54.1 Å². The Labute approximate surface area is 187 Å². The highest BCUT2D eigenvalue weighted by Crippen LogP contribution is 2.27. The van der Waals surface area contributed by atoms with Crippen LogP contribution in [-0.2, 0) is 9.59 Å². The topological polar surface area (TPSA) is 71.4 Å². The molecule has 0 atom stereocenters. The summed E-state index contributed by atoms with van der Waals surface area (Å²) in [6.07, 6.45) is 1.56. The third kappa shape index (κ3) is 3.64. The molecule has 6 heteroatoms. The lowest BCUT2D eigenvalue weighted by Crippen LogP contribution is -2.54. The number of aryl methyl sites for hydroxylation is 4. The van der Waals surface area contributed by atoms with Crippen LogP contribution in [0.1, 0.15) is 33.6 Å². The van der Waals surface area contributed by atoms with Crippen molar-refractivity contribution in [3.63, 3.8) is 0 Å². The maximum Gasteiger partial charge on any atom is 0.335 e. The number of barbiturate groups is 1. The van der Waals surface area contributed by atoms with E-state index >= 15 is 0 Å². The van der Waals surface area contributed by atoms with Gasteiger partial charge in [0.15, 0.2) is 0 Å². The Morgan fingerprint density at radius 2 is 1.47 bits per heavy atom. The molecule has 0 aliphatic carbocycles. The van der Waals surface area contributed by atoms with Crippen LogP contribution in [0.3, 0.4) is 0 Å². The number of hydrogen-bond acceptors (Lipinski definition) is 3. The van der Waals surface area contributed by atoms with Gasteiger partial charge in [-0.05, 0) is 81.7 Å². The van der Waals surface area contributed by atoms with Crippen molar-refractivity contribution in [2.24, 2.45) is 0 Å². The van der Waals surface area contributed by atoms with Crippen molar-refractivity contribution in [3.8, 4) is 5.69 Å². The second-order valence-corrected chi connectivity index (χ2v) is 8.25. The summed E-state index contributed by atoms with van der Waals surface area (Å²) < 4.78 is 2.11. The molecule has 0 spiro atoms. The van der Waals surface area contributed by atoms with E-state index in [0.717, 1.165) is 44.2 Å². The zero-order chi connectivity index (χ0) is 23.2. The van der Waals surface area contributed by atoms with Gasteiger partial charge in [-0.1, -0.05) is 29.8 Å². The summed E-state index contributed by atoms with van der Waals surface area (Å²) in [5, 5.41) is 2.28. The molecule has 3 aromatic rings. The first-order chi connectivity index (χ1) is 15.2. The molecule has 1 fully saturated rings. The number of urea groups is 1. The van der Waals surface area contributed by atoms with Gasteiger partial charge in [0.25, 0.3) is 11.8 Å². The third-order valence-electron chi connectivity index (χ3n) is 5.77. The molecule has 4 rings (SSSR count). The van der Waals surface area contributed by atoms with Crippen molar-refractivity contribution in [3.05, 3.63) is 87.7 Å². The van der Waals surface area contributed by atoms with Gasteiger partial charge in [-0.15, -0.1) is 0 Å². The lowest BCUT2D eigenvalue weighted by Gasteiger charge is -2.26. The molecule has 0 radical (unpaired) electrons. The standard InChI is InChI=1S/C26H25N3O3/c1-15-7-10-21(11-8-15)29-25(31)22(24(30)27-26(29)32)14-20-13-18(4)28(19(20)5)23-12-16(2)6-9-17(23)3/h6-14H,1-5H3,(H,27,30,32)/b22-14+. The Hall–Kier alpha value is -3.93. The first kappa shape index (κ1) is 21.3. The highest BCUT2D eigenvalue weighted by Gasteiger charge is 2.37. The summed E-state index contributed by atoms with van der Waals surface area (Å²) in [7, 11) is 0. The molecule has 1 aromatic heterocycles. The number of nitrogens with zero attached hydrogens (tertiary/aromatic N) is 2. The molecule has 2 heterocycles. The second-order valence-electron chi connectivity index (χ2n) is 8.25. The normalized spacial score (nSPS) is 15.5. The van der Waals surface area contributed by atoms with E-state index in [4.69, 9.17) is 0 Å². The largest absolute Gasteiger partial charge is 0.335 e. The minimum Gasteiger partial charge on any atom is -0.318 e. The summed E-state index contributed by atoms with van der Waals surface area (Å²) in [4.78, 5) is 39.2. The number of nitrogens with one attached hydrogen (secondary N) is 1. The molecule has 6 nitrogen and oxygen atoms in total. The lowest BCUT2D eigenvalue weighted by molar-refractivity contribution is -0.122. The van der Waals surface area contributed by atoms with Gasteiger partial charge in [-0.2, -0.15) is 0 Å². The summed E-state index contributed by atoms with van der Waals surface area (Å²) in [6, 6.07) is 14.4. The molecular formula is C26H25N3O3. The minimum absolute atomic E-state index is 0.0774. The van der Waals surface area contributed by atoms with Gasteiger partial charge in [0.2, 0.25) is 0 Å². The molecular weight excluding hydrogens is 402 g/mol. The van der Waals surface area contributed by atoms with Gasteiger partial charge in [0, 0.05) is 17.1 Å². The molecule has 1 aliphatic heterocycles. The smallest absolute Gasteiger partial charge is 0.318 e. The van der Waals surface area contributed by atoms with Gasteiger partial charge in [-0.3, -0.25) is 14.9 Å². The molecule has 1 N–H and O–H groups in total. The van der Waals surface area contributed by atoms with Crippen LogP contribution >= 0.6 is 0 Å². The number of imide groups is 2. The van der Waals surface area contributed by atoms with Crippen LogP contribution in [0.2, 0.25) is 0 Å². The Bertz CT molecular complexity index is 1300. The van der Waals surface area contributed by atoms with Crippen LogP contribution in [0, 0.1) is 34.6 Å². The second kappa shape index (κ2) is 7.96. The van der Waals surface area contributed by atoms with E-state index in [-0.39, 0.29) is 5.57 Å². The fourth-order valence-electron chi connectivity index (χ4n) is 4.01. The van der Waals surface area contributed by atoms with Crippen LogP contribution in [0.5, 0.6) is 0 Å². The molecule has 1 aliphatic rings. The minimum atomic E-state index is -0.748. The molecule has 0 unspecified atom stereocenters. The molecule has 32 heavy (non-hydrogen) atoms. The number of benzene rings is 2. The van der Waals surface area contributed by atoms with Crippen LogP contribution in [0.4, 0.5) is 10.5 Å². The predicted octanol–water partition coefficient (Wildman–Crippen LogP) is 4.69. The van der Waals surface area contributed by atoms with Crippen LogP contribution in [0.25, 0.3) is 11.8 Å². The maximum atomic E-state index is 13.2. The Kier molecular flexibility index (Phi) is 5.30. The van der Waals surface area contributed by atoms with Crippen molar-refractivity contribution in [2.45, 2.75) is 34.6 Å². The zero-order valence-corrected chi connectivity index (χ0v) is 18.8. The van der Waals surface area contributed by atoms with E-state index in [1.165, 1.54) is 0 Å².